The number of rotatable bonds is 5. The van der Waals surface area contributed by atoms with Crippen molar-refractivity contribution in [2.75, 3.05) is 16.4 Å². The zero-order chi connectivity index (χ0) is 22.0. The van der Waals surface area contributed by atoms with Gasteiger partial charge in [-0.2, -0.15) is 10.4 Å². The number of pyridine rings is 2. The molecule has 0 radical (unpaired) electrons. The van der Waals surface area contributed by atoms with Gasteiger partial charge in [0.05, 0.1) is 57.5 Å². The molecule has 154 valence electrons. The second-order valence-electron chi connectivity index (χ2n) is 7.29. The van der Waals surface area contributed by atoms with Gasteiger partial charge in [-0.05, 0) is 44.2 Å². The van der Waals surface area contributed by atoms with Crippen LogP contribution in [0.4, 0.5) is 17.1 Å². The van der Waals surface area contributed by atoms with Crippen molar-refractivity contribution in [3.8, 4) is 17.5 Å². The lowest BCUT2D eigenvalue weighted by atomic mass is 10.1. The maximum atomic E-state index is 12.9. The number of nitrogens with one attached hydrogen (secondary N) is 2. The standard InChI is InChI=1S/C22H20N8O/c1-13(2)28-19-7-20(21-4-3-17-5-14(8-23)9-27-30(17)21)26-12-18(19)22(31)29-16-6-15(24)10-25-11-16/h3-7,9-13H,24H2,1-2H3,(H,26,28)(H,29,31). The van der Waals surface area contributed by atoms with Crippen molar-refractivity contribution in [3.63, 3.8) is 0 Å². The number of nitrogen functional groups attached to an aromatic ring is 1. The molecule has 4 aromatic heterocycles. The number of aromatic nitrogens is 4. The molecule has 4 heterocycles. The topological polar surface area (TPSA) is 134 Å². The minimum absolute atomic E-state index is 0.0937. The number of nitrogens with two attached hydrogens (primary N) is 1. The molecular formula is C22H20N8O. The first-order valence-electron chi connectivity index (χ1n) is 9.61. The maximum Gasteiger partial charge on any atom is 0.259 e. The van der Waals surface area contributed by atoms with Crippen LogP contribution < -0.4 is 16.4 Å². The van der Waals surface area contributed by atoms with Crippen LogP contribution in [0.5, 0.6) is 0 Å². The Hall–Kier alpha value is -4.45. The van der Waals surface area contributed by atoms with Crippen LogP contribution in [0, 0.1) is 11.3 Å². The molecule has 0 fully saturated rings. The molecule has 0 spiro atoms. The van der Waals surface area contributed by atoms with Gasteiger partial charge in [0.15, 0.2) is 0 Å². The van der Waals surface area contributed by atoms with Crippen LogP contribution in [0.25, 0.3) is 16.9 Å². The van der Waals surface area contributed by atoms with Gasteiger partial charge in [-0.15, -0.1) is 0 Å². The van der Waals surface area contributed by atoms with E-state index in [9.17, 15) is 4.79 Å². The predicted octanol–water partition coefficient (Wildman–Crippen LogP) is 3.32. The van der Waals surface area contributed by atoms with Crippen molar-refractivity contribution in [3.05, 3.63) is 66.2 Å². The lowest BCUT2D eigenvalue weighted by Crippen LogP contribution is -2.18. The van der Waals surface area contributed by atoms with Crippen molar-refractivity contribution in [2.45, 2.75) is 19.9 Å². The Morgan fingerprint density at radius 2 is 2.00 bits per heavy atom. The Morgan fingerprint density at radius 1 is 1.16 bits per heavy atom. The number of nitrogens with zero attached hydrogens (tertiary/aromatic N) is 5. The van der Waals surface area contributed by atoms with E-state index < -0.39 is 0 Å². The first-order chi connectivity index (χ1) is 14.9. The number of nitriles is 1. The molecule has 4 rings (SSSR count). The predicted molar refractivity (Wildman–Crippen MR) is 118 cm³/mol. The highest BCUT2D eigenvalue weighted by Crippen LogP contribution is 2.26. The largest absolute Gasteiger partial charge is 0.397 e. The van der Waals surface area contributed by atoms with Crippen molar-refractivity contribution in [1.82, 2.24) is 19.6 Å². The van der Waals surface area contributed by atoms with Crippen molar-refractivity contribution < 1.29 is 4.79 Å². The van der Waals surface area contributed by atoms with E-state index in [4.69, 9.17) is 11.0 Å². The van der Waals surface area contributed by atoms with Gasteiger partial charge in [-0.1, -0.05) is 0 Å². The molecule has 0 unspecified atom stereocenters. The Labute approximate surface area is 178 Å². The number of anilines is 3. The molecular weight excluding hydrogens is 392 g/mol. The molecule has 0 aliphatic carbocycles. The maximum absolute atomic E-state index is 12.9. The number of fused-ring (bicyclic) bond motifs is 1. The molecule has 0 bridgehead atoms. The van der Waals surface area contributed by atoms with E-state index in [1.165, 1.54) is 24.8 Å². The van der Waals surface area contributed by atoms with Gasteiger partial charge in [-0.25, -0.2) is 4.52 Å². The second-order valence-corrected chi connectivity index (χ2v) is 7.29. The van der Waals surface area contributed by atoms with E-state index >= 15 is 0 Å². The van der Waals surface area contributed by atoms with Gasteiger partial charge in [-0.3, -0.25) is 14.8 Å². The first-order valence-corrected chi connectivity index (χ1v) is 9.61. The van der Waals surface area contributed by atoms with Crippen LogP contribution in [0.1, 0.15) is 29.8 Å². The summed E-state index contributed by atoms with van der Waals surface area (Å²) in [7, 11) is 0. The third kappa shape index (κ3) is 4.13. The third-order valence-corrected chi connectivity index (χ3v) is 4.50. The van der Waals surface area contributed by atoms with Crippen LogP contribution in [0.3, 0.4) is 0 Å². The minimum Gasteiger partial charge on any atom is -0.397 e. The molecule has 4 aromatic rings. The molecule has 9 nitrogen and oxygen atoms in total. The average Bonchev–Trinajstić information content (AvgIpc) is 3.16. The van der Waals surface area contributed by atoms with Crippen LogP contribution in [0.2, 0.25) is 0 Å². The summed E-state index contributed by atoms with van der Waals surface area (Å²) < 4.78 is 1.71. The molecule has 0 aromatic carbocycles. The highest BCUT2D eigenvalue weighted by Gasteiger charge is 2.17. The average molecular weight is 412 g/mol. The molecule has 9 heteroatoms. The molecule has 1 amide bonds. The van der Waals surface area contributed by atoms with E-state index in [1.807, 2.05) is 32.0 Å². The van der Waals surface area contributed by atoms with Gasteiger partial charge < -0.3 is 16.4 Å². The highest BCUT2D eigenvalue weighted by atomic mass is 16.1. The lowest BCUT2D eigenvalue weighted by Gasteiger charge is -2.16. The number of amides is 1. The van der Waals surface area contributed by atoms with E-state index in [-0.39, 0.29) is 11.9 Å². The van der Waals surface area contributed by atoms with Crippen molar-refractivity contribution in [2.24, 2.45) is 0 Å². The number of hydrogen-bond donors (Lipinski definition) is 3. The summed E-state index contributed by atoms with van der Waals surface area (Å²) in [4.78, 5) is 21.4. The summed E-state index contributed by atoms with van der Waals surface area (Å²) in [5.74, 6) is -0.327. The Morgan fingerprint density at radius 3 is 2.74 bits per heavy atom. The molecule has 0 aliphatic heterocycles. The van der Waals surface area contributed by atoms with Gasteiger partial charge >= 0.3 is 0 Å². The smallest absolute Gasteiger partial charge is 0.259 e. The van der Waals surface area contributed by atoms with E-state index in [2.05, 4.69) is 31.8 Å². The third-order valence-electron chi connectivity index (χ3n) is 4.50. The quantitative estimate of drug-likeness (QED) is 0.458. The molecule has 4 N–H and O–H groups in total. The van der Waals surface area contributed by atoms with Crippen LogP contribution in [-0.2, 0) is 0 Å². The fourth-order valence-electron chi connectivity index (χ4n) is 3.19. The fraction of sp³-hybridized carbons (Fsp3) is 0.136. The zero-order valence-electron chi connectivity index (χ0n) is 17.0. The fourth-order valence-corrected chi connectivity index (χ4v) is 3.19. The second kappa shape index (κ2) is 8.12. The van der Waals surface area contributed by atoms with E-state index in [0.717, 1.165) is 11.2 Å². The Kier molecular flexibility index (Phi) is 5.20. The minimum atomic E-state index is -0.327. The Balaban J connectivity index is 1.72. The van der Waals surface area contributed by atoms with Crippen molar-refractivity contribution >= 4 is 28.5 Å². The molecule has 0 atom stereocenters. The summed E-state index contributed by atoms with van der Waals surface area (Å²) in [5, 5.41) is 19.5. The molecule has 0 saturated carbocycles. The zero-order valence-corrected chi connectivity index (χ0v) is 17.0. The highest BCUT2D eigenvalue weighted by molar-refractivity contribution is 6.08. The monoisotopic (exact) mass is 412 g/mol. The van der Waals surface area contributed by atoms with Gasteiger partial charge in [0.2, 0.25) is 0 Å². The summed E-state index contributed by atoms with van der Waals surface area (Å²) in [5.41, 5.74) is 10.4. The molecule has 0 aliphatic rings. The van der Waals surface area contributed by atoms with Crippen LogP contribution >= 0.6 is 0 Å². The number of hydrogen-bond acceptors (Lipinski definition) is 7. The van der Waals surface area contributed by atoms with E-state index in [0.29, 0.717) is 33.9 Å². The van der Waals surface area contributed by atoms with Gasteiger partial charge in [0, 0.05) is 18.4 Å². The van der Waals surface area contributed by atoms with E-state index in [1.54, 1.807) is 16.6 Å². The summed E-state index contributed by atoms with van der Waals surface area (Å²) in [6.45, 7) is 3.97. The van der Waals surface area contributed by atoms with Gasteiger partial charge in [0.25, 0.3) is 5.91 Å². The molecule has 0 saturated heterocycles. The summed E-state index contributed by atoms with van der Waals surface area (Å²) >= 11 is 0. The Bertz CT molecular complexity index is 1320. The molecule has 31 heavy (non-hydrogen) atoms. The van der Waals surface area contributed by atoms with Gasteiger partial charge in [0.1, 0.15) is 6.07 Å². The number of carbonyl (C=O) groups excluding carboxylic acids is 1. The first kappa shape index (κ1) is 19.8. The lowest BCUT2D eigenvalue weighted by molar-refractivity contribution is 0.102. The normalized spacial score (nSPS) is 10.8. The van der Waals surface area contributed by atoms with Crippen LogP contribution in [0.15, 0.2) is 55.1 Å². The summed E-state index contributed by atoms with van der Waals surface area (Å²) in [6.07, 6.45) is 6.07. The van der Waals surface area contributed by atoms with Crippen molar-refractivity contribution in [1.29, 1.82) is 5.26 Å². The SMILES string of the molecule is CC(C)Nc1cc(-c2ccc3cc(C#N)cnn23)ncc1C(=O)Nc1cncc(N)c1. The number of carbonyl (C=O) groups is 1. The summed E-state index contributed by atoms with van der Waals surface area (Å²) in [6, 6.07) is 11.1. The van der Waals surface area contributed by atoms with Crippen LogP contribution in [-0.4, -0.2) is 31.5 Å².